The second-order valence-electron chi connectivity index (χ2n) is 3.59. The van der Waals surface area contributed by atoms with Crippen LogP contribution in [0.15, 0.2) is 20.7 Å². The summed E-state index contributed by atoms with van der Waals surface area (Å²) in [7, 11) is 0. The lowest BCUT2D eigenvalue weighted by atomic mass is 9.86. The Hall–Kier alpha value is -0.150. The van der Waals surface area contributed by atoms with E-state index in [4.69, 9.17) is 11.6 Å². The van der Waals surface area contributed by atoms with Gasteiger partial charge in [-0.3, -0.25) is 9.98 Å². The van der Waals surface area contributed by atoms with Gasteiger partial charge in [-0.2, -0.15) is 0 Å². The molecule has 0 aromatic heterocycles. The molecule has 2 heterocycles. The van der Waals surface area contributed by atoms with Crippen LogP contribution in [-0.2, 0) is 0 Å². The van der Waals surface area contributed by atoms with E-state index < -0.39 is 0 Å². The minimum atomic E-state index is -0.192. The van der Waals surface area contributed by atoms with Crippen LogP contribution in [0.1, 0.15) is 26.2 Å². The van der Waals surface area contributed by atoms with Crippen molar-refractivity contribution in [3.05, 3.63) is 10.7 Å². The number of nitrogens with zero attached hydrogens (tertiary/aromatic N) is 2. The summed E-state index contributed by atoms with van der Waals surface area (Å²) in [5.74, 6) is 0. The largest absolute Gasteiger partial charge is 0.265 e. The van der Waals surface area contributed by atoms with Gasteiger partial charge in [0.25, 0.3) is 0 Å². The summed E-state index contributed by atoms with van der Waals surface area (Å²) in [6.07, 6.45) is 4.52. The zero-order valence-corrected chi connectivity index (χ0v) is 9.69. The SMILES string of the molecule is CC12CC(Br)=CN=C1CCC(Cl)=N2. The van der Waals surface area contributed by atoms with Crippen molar-refractivity contribution in [3.8, 4) is 0 Å². The highest BCUT2D eigenvalue weighted by Crippen LogP contribution is 2.34. The van der Waals surface area contributed by atoms with Crippen molar-refractivity contribution < 1.29 is 0 Å². The predicted molar refractivity (Wildman–Crippen MR) is 60.0 cm³/mol. The predicted octanol–water partition coefficient (Wildman–Crippen LogP) is 3.26. The van der Waals surface area contributed by atoms with Gasteiger partial charge in [0.05, 0.1) is 0 Å². The number of hydrogen-bond donors (Lipinski definition) is 0. The zero-order valence-electron chi connectivity index (χ0n) is 7.35. The molecule has 1 atom stereocenters. The van der Waals surface area contributed by atoms with E-state index in [1.54, 1.807) is 0 Å². The van der Waals surface area contributed by atoms with Crippen molar-refractivity contribution in [2.75, 3.05) is 0 Å². The van der Waals surface area contributed by atoms with E-state index in [0.29, 0.717) is 0 Å². The maximum Gasteiger partial charge on any atom is 0.102 e. The second-order valence-corrected chi connectivity index (χ2v) is 5.05. The molecule has 1 unspecified atom stereocenters. The molecule has 0 radical (unpaired) electrons. The minimum absolute atomic E-state index is 0.192. The summed E-state index contributed by atoms with van der Waals surface area (Å²) in [6.45, 7) is 2.08. The highest BCUT2D eigenvalue weighted by molar-refractivity contribution is 9.11. The van der Waals surface area contributed by atoms with Crippen molar-refractivity contribution in [2.24, 2.45) is 9.98 Å². The minimum Gasteiger partial charge on any atom is -0.265 e. The zero-order chi connectivity index (χ0) is 9.47. The lowest BCUT2D eigenvalue weighted by molar-refractivity contribution is 0.602. The standard InChI is InChI=1S/C9H10BrClN2/c1-9-4-6(10)5-12-7(9)2-3-8(11)13-9/h5H,2-4H2,1H3. The molecule has 0 aromatic rings. The molecule has 0 aromatic carbocycles. The van der Waals surface area contributed by atoms with Crippen LogP contribution in [0.3, 0.4) is 0 Å². The number of aliphatic imine (C=N–C) groups is 2. The number of hydrogen-bond acceptors (Lipinski definition) is 2. The third-order valence-electron chi connectivity index (χ3n) is 2.43. The van der Waals surface area contributed by atoms with E-state index in [0.717, 1.165) is 34.6 Å². The van der Waals surface area contributed by atoms with Gasteiger partial charge >= 0.3 is 0 Å². The Balaban J connectivity index is 2.40. The van der Waals surface area contributed by atoms with Gasteiger partial charge in [0.2, 0.25) is 0 Å². The van der Waals surface area contributed by atoms with E-state index in [1.165, 1.54) is 0 Å². The quantitative estimate of drug-likeness (QED) is 0.639. The van der Waals surface area contributed by atoms with Gasteiger partial charge in [0.15, 0.2) is 0 Å². The van der Waals surface area contributed by atoms with Crippen molar-refractivity contribution in [3.63, 3.8) is 0 Å². The molecular formula is C9H10BrClN2. The van der Waals surface area contributed by atoms with Crippen LogP contribution in [0.5, 0.6) is 0 Å². The summed E-state index contributed by atoms with van der Waals surface area (Å²) in [4.78, 5) is 8.85. The molecule has 0 saturated carbocycles. The van der Waals surface area contributed by atoms with Crippen LogP contribution < -0.4 is 0 Å². The first-order chi connectivity index (χ1) is 6.10. The normalized spacial score (nSPS) is 33.0. The highest BCUT2D eigenvalue weighted by atomic mass is 79.9. The van der Waals surface area contributed by atoms with Crippen LogP contribution in [0, 0.1) is 0 Å². The summed E-state index contributed by atoms with van der Waals surface area (Å²) >= 11 is 9.38. The van der Waals surface area contributed by atoms with Gasteiger partial charge in [-0.1, -0.05) is 27.5 Å². The van der Waals surface area contributed by atoms with Crippen LogP contribution >= 0.6 is 27.5 Å². The molecule has 2 rings (SSSR count). The number of fused-ring (bicyclic) bond motifs is 1. The maximum atomic E-state index is 5.93. The first kappa shape index (κ1) is 9.41. The van der Waals surface area contributed by atoms with Gasteiger partial charge in [-0.05, 0) is 13.3 Å². The molecule has 2 aliphatic heterocycles. The Kier molecular flexibility index (Phi) is 2.32. The van der Waals surface area contributed by atoms with Crippen molar-refractivity contribution in [2.45, 2.75) is 31.7 Å². The smallest absolute Gasteiger partial charge is 0.102 e. The van der Waals surface area contributed by atoms with Crippen LogP contribution in [-0.4, -0.2) is 16.4 Å². The summed E-state index contributed by atoms with van der Waals surface area (Å²) in [6, 6.07) is 0. The fourth-order valence-corrected chi connectivity index (χ4v) is 2.68. The molecule has 13 heavy (non-hydrogen) atoms. The first-order valence-electron chi connectivity index (χ1n) is 4.26. The monoisotopic (exact) mass is 260 g/mol. The van der Waals surface area contributed by atoms with Gasteiger partial charge < -0.3 is 0 Å². The van der Waals surface area contributed by atoms with Gasteiger partial charge in [0.1, 0.15) is 10.7 Å². The molecule has 70 valence electrons. The molecule has 0 bridgehead atoms. The lowest BCUT2D eigenvalue weighted by Gasteiger charge is -2.32. The average molecular weight is 262 g/mol. The third kappa shape index (κ3) is 1.72. The number of rotatable bonds is 0. The van der Waals surface area contributed by atoms with E-state index >= 15 is 0 Å². The topological polar surface area (TPSA) is 24.7 Å². The summed E-state index contributed by atoms with van der Waals surface area (Å²) in [5, 5.41) is 0.726. The maximum absolute atomic E-state index is 5.93. The molecule has 2 nitrogen and oxygen atoms in total. The summed E-state index contributed by atoms with van der Waals surface area (Å²) in [5.41, 5.74) is 0.961. The van der Waals surface area contributed by atoms with E-state index in [2.05, 4.69) is 32.8 Å². The van der Waals surface area contributed by atoms with E-state index in [1.807, 2.05) is 6.20 Å². The summed E-state index contributed by atoms with van der Waals surface area (Å²) < 4.78 is 1.09. The fraction of sp³-hybridized carbons (Fsp3) is 0.556. The van der Waals surface area contributed by atoms with Crippen molar-refractivity contribution in [1.82, 2.24) is 0 Å². The molecule has 4 heteroatoms. The Morgan fingerprint density at radius 3 is 3.08 bits per heavy atom. The Labute approximate surface area is 90.9 Å². The van der Waals surface area contributed by atoms with Gasteiger partial charge in [0, 0.05) is 29.2 Å². The Bertz CT molecular complexity index is 333. The molecule has 0 saturated heterocycles. The van der Waals surface area contributed by atoms with Crippen molar-refractivity contribution in [1.29, 1.82) is 0 Å². The molecule has 0 amide bonds. The molecule has 0 spiro atoms. The Morgan fingerprint density at radius 2 is 2.31 bits per heavy atom. The number of halogens is 2. The highest BCUT2D eigenvalue weighted by Gasteiger charge is 2.35. The van der Waals surface area contributed by atoms with Gasteiger partial charge in [-0.25, -0.2) is 0 Å². The average Bonchev–Trinajstić information content (AvgIpc) is 2.01. The van der Waals surface area contributed by atoms with Crippen LogP contribution in [0.4, 0.5) is 0 Å². The van der Waals surface area contributed by atoms with Crippen LogP contribution in [0.25, 0.3) is 0 Å². The van der Waals surface area contributed by atoms with Gasteiger partial charge in [-0.15, -0.1) is 0 Å². The van der Waals surface area contributed by atoms with Crippen LogP contribution in [0.2, 0.25) is 0 Å². The molecule has 0 fully saturated rings. The first-order valence-corrected chi connectivity index (χ1v) is 5.43. The van der Waals surface area contributed by atoms with E-state index in [-0.39, 0.29) is 5.54 Å². The van der Waals surface area contributed by atoms with E-state index in [9.17, 15) is 0 Å². The third-order valence-corrected chi connectivity index (χ3v) is 3.19. The lowest BCUT2D eigenvalue weighted by Crippen LogP contribution is -2.38. The van der Waals surface area contributed by atoms with Crippen molar-refractivity contribution >= 4 is 38.4 Å². The molecule has 0 N–H and O–H groups in total. The molecular weight excluding hydrogens is 251 g/mol. The Morgan fingerprint density at radius 1 is 1.54 bits per heavy atom. The molecule has 0 aliphatic carbocycles. The fourth-order valence-electron chi connectivity index (χ4n) is 1.75. The molecule has 2 aliphatic rings. The second kappa shape index (κ2) is 3.21.